The highest BCUT2D eigenvalue weighted by molar-refractivity contribution is 5.24. The van der Waals surface area contributed by atoms with Crippen LogP contribution in [0.25, 0.3) is 0 Å². The molecule has 1 heteroatoms. The second kappa shape index (κ2) is 7.50. The SMILES string of the molecule is CCC(CCCc1ccc(C(C)C)cc1)NC. The van der Waals surface area contributed by atoms with Gasteiger partial charge in [0, 0.05) is 6.04 Å². The fourth-order valence-corrected chi connectivity index (χ4v) is 2.17. The van der Waals surface area contributed by atoms with Crippen molar-refractivity contribution in [2.24, 2.45) is 0 Å². The molecule has 1 aromatic rings. The van der Waals surface area contributed by atoms with E-state index < -0.39 is 0 Å². The molecule has 0 heterocycles. The zero-order valence-electron chi connectivity index (χ0n) is 11.8. The minimum absolute atomic E-state index is 0.637. The van der Waals surface area contributed by atoms with Gasteiger partial charge in [0.1, 0.15) is 0 Å². The number of hydrogen-bond donors (Lipinski definition) is 1. The van der Waals surface area contributed by atoms with Crippen LogP contribution in [0, 0.1) is 0 Å². The highest BCUT2D eigenvalue weighted by atomic mass is 14.9. The van der Waals surface area contributed by atoms with E-state index in [9.17, 15) is 0 Å². The maximum absolute atomic E-state index is 3.36. The predicted molar refractivity (Wildman–Crippen MR) is 76.6 cm³/mol. The van der Waals surface area contributed by atoms with Crippen molar-refractivity contribution in [3.8, 4) is 0 Å². The number of aryl methyl sites for hydroxylation is 1. The monoisotopic (exact) mass is 233 g/mol. The van der Waals surface area contributed by atoms with Gasteiger partial charge in [-0.2, -0.15) is 0 Å². The molecule has 1 aromatic carbocycles. The molecule has 0 spiro atoms. The van der Waals surface area contributed by atoms with Gasteiger partial charge in [0.2, 0.25) is 0 Å². The van der Waals surface area contributed by atoms with E-state index in [2.05, 4.69) is 57.4 Å². The molecule has 96 valence electrons. The first-order valence-electron chi connectivity index (χ1n) is 6.93. The van der Waals surface area contributed by atoms with Gasteiger partial charge in [-0.15, -0.1) is 0 Å². The number of nitrogens with one attached hydrogen (secondary N) is 1. The van der Waals surface area contributed by atoms with Gasteiger partial charge in [-0.25, -0.2) is 0 Å². The van der Waals surface area contributed by atoms with E-state index in [-0.39, 0.29) is 0 Å². The summed E-state index contributed by atoms with van der Waals surface area (Å²) in [5, 5.41) is 3.36. The molecule has 0 bridgehead atoms. The molecule has 0 amide bonds. The summed E-state index contributed by atoms with van der Waals surface area (Å²) >= 11 is 0. The molecule has 0 aliphatic rings. The summed E-state index contributed by atoms with van der Waals surface area (Å²) < 4.78 is 0. The number of hydrogen-bond acceptors (Lipinski definition) is 1. The topological polar surface area (TPSA) is 12.0 Å². The van der Waals surface area contributed by atoms with Crippen LogP contribution in [-0.4, -0.2) is 13.1 Å². The molecule has 17 heavy (non-hydrogen) atoms. The third-order valence-corrected chi connectivity index (χ3v) is 3.57. The Kier molecular flexibility index (Phi) is 6.28. The van der Waals surface area contributed by atoms with Crippen molar-refractivity contribution in [2.75, 3.05) is 7.05 Å². The Hall–Kier alpha value is -0.820. The predicted octanol–water partition coefficient (Wildman–Crippen LogP) is 4.13. The summed E-state index contributed by atoms with van der Waals surface area (Å²) in [6.07, 6.45) is 4.98. The maximum atomic E-state index is 3.36. The fraction of sp³-hybridized carbons (Fsp3) is 0.625. The summed E-state index contributed by atoms with van der Waals surface area (Å²) in [6, 6.07) is 9.81. The molecule has 1 atom stereocenters. The zero-order valence-corrected chi connectivity index (χ0v) is 11.8. The lowest BCUT2D eigenvalue weighted by Crippen LogP contribution is -2.23. The average molecular weight is 233 g/mol. The molecule has 0 aliphatic heterocycles. The fourth-order valence-electron chi connectivity index (χ4n) is 2.17. The van der Waals surface area contributed by atoms with Crippen LogP contribution in [0.3, 0.4) is 0 Å². The molecular formula is C16H27N. The van der Waals surface area contributed by atoms with E-state index >= 15 is 0 Å². The van der Waals surface area contributed by atoms with E-state index in [1.807, 2.05) is 0 Å². The summed E-state index contributed by atoms with van der Waals surface area (Å²) in [6.45, 7) is 6.74. The van der Waals surface area contributed by atoms with Gasteiger partial charge in [0.05, 0.1) is 0 Å². The van der Waals surface area contributed by atoms with Gasteiger partial charge in [-0.3, -0.25) is 0 Å². The molecule has 1 unspecified atom stereocenters. The van der Waals surface area contributed by atoms with Crippen LogP contribution < -0.4 is 5.32 Å². The molecule has 1 nitrogen and oxygen atoms in total. The Balaban J connectivity index is 2.37. The van der Waals surface area contributed by atoms with E-state index in [1.165, 1.54) is 36.8 Å². The minimum Gasteiger partial charge on any atom is -0.317 e. The molecule has 0 radical (unpaired) electrons. The van der Waals surface area contributed by atoms with E-state index in [0.29, 0.717) is 12.0 Å². The van der Waals surface area contributed by atoms with Crippen LogP contribution in [0.5, 0.6) is 0 Å². The van der Waals surface area contributed by atoms with Crippen LogP contribution in [-0.2, 0) is 6.42 Å². The van der Waals surface area contributed by atoms with Crippen LogP contribution >= 0.6 is 0 Å². The van der Waals surface area contributed by atoms with Crippen LogP contribution in [0.1, 0.15) is 57.1 Å². The summed E-state index contributed by atoms with van der Waals surface area (Å²) in [7, 11) is 2.06. The van der Waals surface area contributed by atoms with Crippen molar-refractivity contribution in [3.63, 3.8) is 0 Å². The molecule has 0 fully saturated rings. The van der Waals surface area contributed by atoms with Gasteiger partial charge in [-0.05, 0) is 49.8 Å². The quantitative estimate of drug-likeness (QED) is 0.746. The molecule has 0 aromatic heterocycles. The van der Waals surface area contributed by atoms with Crippen molar-refractivity contribution in [2.45, 2.75) is 58.4 Å². The van der Waals surface area contributed by atoms with E-state index in [1.54, 1.807) is 0 Å². The maximum Gasteiger partial charge on any atom is 0.00615 e. The Morgan fingerprint density at radius 1 is 1.12 bits per heavy atom. The van der Waals surface area contributed by atoms with Crippen molar-refractivity contribution >= 4 is 0 Å². The largest absolute Gasteiger partial charge is 0.317 e. The van der Waals surface area contributed by atoms with Gasteiger partial charge in [0.15, 0.2) is 0 Å². The van der Waals surface area contributed by atoms with Crippen molar-refractivity contribution in [3.05, 3.63) is 35.4 Å². The van der Waals surface area contributed by atoms with Gasteiger partial charge in [-0.1, -0.05) is 45.0 Å². The Morgan fingerprint density at radius 2 is 1.76 bits per heavy atom. The highest BCUT2D eigenvalue weighted by Gasteiger charge is 2.03. The molecule has 0 saturated heterocycles. The zero-order chi connectivity index (χ0) is 12.7. The Morgan fingerprint density at radius 3 is 2.24 bits per heavy atom. The second-order valence-corrected chi connectivity index (χ2v) is 5.18. The van der Waals surface area contributed by atoms with Crippen molar-refractivity contribution in [1.29, 1.82) is 0 Å². The van der Waals surface area contributed by atoms with Gasteiger partial charge in [0.25, 0.3) is 0 Å². The van der Waals surface area contributed by atoms with Crippen LogP contribution in [0.4, 0.5) is 0 Å². The smallest absolute Gasteiger partial charge is 0.00615 e. The third-order valence-electron chi connectivity index (χ3n) is 3.57. The Labute approximate surface area is 107 Å². The lowest BCUT2D eigenvalue weighted by Gasteiger charge is -2.13. The third kappa shape index (κ3) is 4.91. The first-order chi connectivity index (χ1) is 8.17. The average Bonchev–Trinajstić information content (AvgIpc) is 2.35. The standard InChI is InChI=1S/C16H27N/c1-5-16(17-4)8-6-7-14-9-11-15(12-10-14)13(2)3/h9-13,16-17H,5-8H2,1-4H3. The highest BCUT2D eigenvalue weighted by Crippen LogP contribution is 2.16. The van der Waals surface area contributed by atoms with Crippen molar-refractivity contribution < 1.29 is 0 Å². The molecule has 1 N–H and O–H groups in total. The molecule has 0 aliphatic carbocycles. The molecule has 0 saturated carbocycles. The summed E-state index contributed by atoms with van der Waals surface area (Å²) in [5.41, 5.74) is 2.91. The Bertz CT molecular complexity index is 296. The first kappa shape index (κ1) is 14.2. The summed E-state index contributed by atoms with van der Waals surface area (Å²) in [4.78, 5) is 0. The van der Waals surface area contributed by atoms with Gasteiger partial charge >= 0.3 is 0 Å². The van der Waals surface area contributed by atoms with Crippen molar-refractivity contribution in [1.82, 2.24) is 5.32 Å². The lowest BCUT2D eigenvalue weighted by atomic mass is 9.99. The first-order valence-corrected chi connectivity index (χ1v) is 6.93. The normalized spacial score (nSPS) is 13.0. The minimum atomic E-state index is 0.637. The second-order valence-electron chi connectivity index (χ2n) is 5.18. The number of rotatable bonds is 7. The number of benzene rings is 1. The van der Waals surface area contributed by atoms with E-state index in [4.69, 9.17) is 0 Å². The molecule has 1 rings (SSSR count). The summed E-state index contributed by atoms with van der Waals surface area (Å²) in [5.74, 6) is 0.637. The molecular weight excluding hydrogens is 206 g/mol. The van der Waals surface area contributed by atoms with Crippen LogP contribution in [0.15, 0.2) is 24.3 Å². The van der Waals surface area contributed by atoms with Gasteiger partial charge < -0.3 is 5.32 Å². The van der Waals surface area contributed by atoms with E-state index in [0.717, 1.165) is 0 Å². The van der Waals surface area contributed by atoms with Crippen LogP contribution in [0.2, 0.25) is 0 Å². The lowest BCUT2D eigenvalue weighted by molar-refractivity contribution is 0.492.